The second-order valence-electron chi connectivity index (χ2n) is 6.13. The van der Waals surface area contributed by atoms with E-state index < -0.39 is 0 Å². The Balaban J connectivity index is 1.60. The average molecular weight is 365 g/mol. The van der Waals surface area contributed by atoms with Crippen molar-refractivity contribution in [1.29, 1.82) is 5.26 Å². The number of hydrogen-bond donors (Lipinski definition) is 1. The predicted octanol–water partition coefficient (Wildman–Crippen LogP) is 2.95. The van der Waals surface area contributed by atoms with Gasteiger partial charge in [0.15, 0.2) is 0 Å². The van der Waals surface area contributed by atoms with Crippen LogP contribution in [0.25, 0.3) is 0 Å². The van der Waals surface area contributed by atoms with E-state index in [1.54, 1.807) is 34.9 Å². The first kappa shape index (κ1) is 18.0. The van der Waals surface area contributed by atoms with Gasteiger partial charge in [-0.2, -0.15) is 5.26 Å². The maximum absolute atomic E-state index is 12.4. The summed E-state index contributed by atoms with van der Waals surface area (Å²) in [4.78, 5) is 27.5. The van der Waals surface area contributed by atoms with Crippen LogP contribution in [0.4, 0.5) is 5.69 Å². The number of carbonyl (C=O) groups is 2. The highest BCUT2D eigenvalue weighted by atomic mass is 32.2. The molecule has 1 fully saturated rings. The quantitative estimate of drug-likeness (QED) is 0.827. The summed E-state index contributed by atoms with van der Waals surface area (Å²) in [5.41, 5.74) is 2.25. The Kier molecular flexibility index (Phi) is 5.59. The van der Waals surface area contributed by atoms with E-state index in [0.29, 0.717) is 18.7 Å². The van der Waals surface area contributed by atoms with Gasteiger partial charge in [0.25, 0.3) is 0 Å². The molecular weight excluding hydrogens is 346 g/mol. The lowest BCUT2D eigenvalue weighted by Gasteiger charge is -2.17. The second-order valence-corrected chi connectivity index (χ2v) is 7.01. The molecule has 1 atom stereocenters. The number of carbonyl (C=O) groups excluding carboxylic acids is 2. The van der Waals surface area contributed by atoms with Gasteiger partial charge in [0.05, 0.1) is 17.6 Å². The molecule has 0 aliphatic carbocycles. The van der Waals surface area contributed by atoms with Crippen molar-refractivity contribution >= 4 is 29.3 Å². The van der Waals surface area contributed by atoms with Crippen LogP contribution in [-0.4, -0.2) is 24.6 Å². The summed E-state index contributed by atoms with van der Waals surface area (Å²) in [6, 6.07) is 17.0. The zero-order valence-electron chi connectivity index (χ0n) is 14.4. The van der Waals surface area contributed by atoms with Crippen LogP contribution in [0.15, 0.2) is 53.4 Å². The highest BCUT2D eigenvalue weighted by Gasteiger charge is 2.34. The summed E-state index contributed by atoms with van der Waals surface area (Å²) in [5, 5.41) is 11.8. The van der Waals surface area contributed by atoms with Crippen molar-refractivity contribution in [3.05, 3.63) is 59.7 Å². The molecule has 1 aliphatic heterocycles. The highest BCUT2D eigenvalue weighted by Crippen LogP contribution is 2.27. The molecule has 0 saturated carbocycles. The molecule has 0 bridgehead atoms. The van der Waals surface area contributed by atoms with Gasteiger partial charge in [-0.15, -0.1) is 11.8 Å². The highest BCUT2D eigenvalue weighted by molar-refractivity contribution is 7.98. The summed E-state index contributed by atoms with van der Waals surface area (Å²) >= 11 is 1.65. The molecule has 1 heterocycles. The SMILES string of the molecule is CSc1ccc(N2CC(C(=O)NCc3cccc(C#N)c3)CC2=O)cc1. The number of thioether (sulfide) groups is 1. The molecule has 5 nitrogen and oxygen atoms in total. The third kappa shape index (κ3) is 4.06. The minimum absolute atomic E-state index is 0.0338. The Labute approximate surface area is 157 Å². The van der Waals surface area contributed by atoms with Gasteiger partial charge in [0.1, 0.15) is 0 Å². The first-order valence-electron chi connectivity index (χ1n) is 8.32. The van der Waals surface area contributed by atoms with E-state index in [0.717, 1.165) is 16.1 Å². The number of nitriles is 1. The molecule has 3 rings (SSSR count). The first-order chi connectivity index (χ1) is 12.6. The number of benzene rings is 2. The van der Waals surface area contributed by atoms with E-state index in [4.69, 9.17) is 5.26 Å². The topological polar surface area (TPSA) is 73.2 Å². The van der Waals surface area contributed by atoms with Crippen LogP contribution >= 0.6 is 11.8 Å². The first-order valence-corrected chi connectivity index (χ1v) is 9.54. The fourth-order valence-electron chi connectivity index (χ4n) is 2.98. The van der Waals surface area contributed by atoms with Gasteiger partial charge in [-0.1, -0.05) is 12.1 Å². The standard InChI is InChI=1S/C20H19N3O2S/c1-26-18-7-5-17(6-8-18)23-13-16(10-19(23)24)20(25)22-12-15-4-2-3-14(9-15)11-21/h2-9,16H,10,12-13H2,1H3,(H,22,25). The fraction of sp³-hybridized carbons (Fsp3) is 0.250. The Morgan fingerprint density at radius 2 is 2.08 bits per heavy atom. The largest absolute Gasteiger partial charge is 0.352 e. The molecule has 2 aromatic carbocycles. The molecule has 1 unspecified atom stereocenters. The van der Waals surface area contributed by atoms with Gasteiger partial charge in [-0.05, 0) is 48.2 Å². The molecule has 1 aliphatic rings. The van der Waals surface area contributed by atoms with Crippen LogP contribution in [0.3, 0.4) is 0 Å². The average Bonchev–Trinajstić information content (AvgIpc) is 3.08. The van der Waals surface area contributed by atoms with E-state index >= 15 is 0 Å². The van der Waals surface area contributed by atoms with Crippen molar-refractivity contribution in [2.45, 2.75) is 17.9 Å². The third-order valence-electron chi connectivity index (χ3n) is 4.40. The van der Waals surface area contributed by atoms with Crippen LogP contribution < -0.4 is 10.2 Å². The van der Waals surface area contributed by atoms with E-state index in [1.165, 1.54) is 0 Å². The molecule has 2 amide bonds. The summed E-state index contributed by atoms with van der Waals surface area (Å²) in [5.74, 6) is -0.528. The summed E-state index contributed by atoms with van der Waals surface area (Å²) in [6.07, 6.45) is 2.22. The Morgan fingerprint density at radius 1 is 1.31 bits per heavy atom. The van der Waals surface area contributed by atoms with Crippen molar-refractivity contribution in [2.24, 2.45) is 5.92 Å². The van der Waals surface area contributed by atoms with Crippen molar-refractivity contribution in [3.8, 4) is 6.07 Å². The van der Waals surface area contributed by atoms with Crippen molar-refractivity contribution < 1.29 is 9.59 Å². The fourth-order valence-corrected chi connectivity index (χ4v) is 3.39. The lowest BCUT2D eigenvalue weighted by atomic mass is 10.1. The van der Waals surface area contributed by atoms with E-state index in [2.05, 4.69) is 11.4 Å². The van der Waals surface area contributed by atoms with Gasteiger partial charge < -0.3 is 10.2 Å². The normalized spacial score (nSPS) is 16.4. The molecule has 132 valence electrons. The number of rotatable bonds is 5. The number of amides is 2. The third-order valence-corrected chi connectivity index (χ3v) is 5.15. The minimum atomic E-state index is -0.359. The lowest BCUT2D eigenvalue weighted by molar-refractivity contribution is -0.126. The van der Waals surface area contributed by atoms with E-state index in [9.17, 15) is 9.59 Å². The number of hydrogen-bond acceptors (Lipinski definition) is 4. The van der Waals surface area contributed by atoms with Crippen LogP contribution in [0.2, 0.25) is 0 Å². The van der Waals surface area contributed by atoms with Gasteiger partial charge in [0.2, 0.25) is 11.8 Å². The Hall–Kier alpha value is -2.78. The molecule has 0 spiro atoms. The Bertz CT molecular complexity index is 858. The maximum atomic E-state index is 12.4. The zero-order valence-corrected chi connectivity index (χ0v) is 15.3. The van der Waals surface area contributed by atoms with Gasteiger partial charge in [-0.25, -0.2) is 0 Å². The summed E-state index contributed by atoms with van der Waals surface area (Å²) in [7, 11) is 0. The number of anilines is 1. The van der Waals surface area contributed by atoms with Gasteiger partial charge in [-0.3, -0.25) is 9.59 Å². The molecule has 0 radical (unpaired) electrons. The van der Waals surface area contributed by atoms with Crippen LogP contribution in [0, 0.1) is 17.2 Å². The maximum Gasteiger partial charge on any atom is 0.227 e. The molecular formula is C20H19N3O2S. The van der Waals surface area contributed by atoms with Crippen LogP contribution in [-0.2, 0) is 16.1 Å². The monoisotopic (exact) mass is 365 g/mol. The predicted molar refractivity (Wildman–Crippen MR) is 102 cm³/mol. The smallest absolute Gasteiger partial charge is 0.227 e. The minimum Gasteiger partial charge on any atom is -0.352 e. The number of nitrogens with one attached hydrogen (secondary N) is 1. The lowest BCUT2D eigenvalue weighted by Crippen LogP contribution is -2.32. The molecule has 1 saturated heterocycles. The molecule has 0 aromatic heterocycles. The van der Waals surface area contributed by atoms with Gasteiger partial charge in [0, 0.05) is 30.1 Å². The Morgan fingerprint density at radius 3 is 2.77 bits per heavy atom. The number of nitrogens with zero attached hydrogens (tertiary/aromatic N) is 2. The van der Waals surface area contributed by atoms with E-state index in [1.807, 2.05) is 36.6 Å². The molecule has 26 heavy (non-hydrogen) atoms. The van der Waals surface area contributed by atoms with E-state index in [-0.39, 0.29) is 24.2 Å². The zero-order chi connectivity index (χ0) is 18.5. The second kappa shape index (κ2) is 8.07. The van der Waals surface area contributed by atoms with Crippen molar-refractivity contribution in [3.63, 3.8) is 0 Å². The van der Waals surface area contributed by atoms with Gasteiger partial charge >= 0.3 is 0 Å². The molecule has 1 N–H and O–H groups in total. The van der Waals surface area contributed by atoms with Crippen molar-refractivity contribution in [2.75, 3.05) is 17.7 Å². The van der Waals surface area contributed by atoms with Crippen LogP contribution in [0.1, 0.15) is 17.5 Å². The summed E-state index contributed by atoms with van der Waals surface area (Å²) < 4.78 is 0. The van der Waals surface area contributed by atoms with Crippen LogP contribution in [0.5, 0.6) is 0 Å². The molecule has 2 aromatic rings. The van der Waals surface area contributed by atoms with Crippen molar-refractivity contribution in [1.82, 2.24) is 5.32 Å². The molecule has 6 heteroatoms. The summed E-state index contributed by atoms with van der Waals surface area (Å²) in [6.45, 7) is 0.739.